The predicted octanol–water partition coefficient (Wildman–Crippen LogP) is 4.71. The number of halogens is 6. The Balaban J connectivity index is 1.83. The molecule has 4 rings (SSSR count). The number of fused-ring (bicyclic) bond motifs is 1. The molecule has 0 saturated heterocycles. The molecule has 1 unspecified atom stereocenters. The summed E-state index contributed by atoms with van der Waals surface area (Å²) in [7, 11) is 1.45. The smallest absolute Gasteiger partial charge is 0.349 e. The second kappa shape index (κ2) is 8.49. The van der Waals surface area contributed by atoms with E-state index in [0.29, 0.717) is 17.4 Å². The van der Waals surface area contributed by atoms with Crippen molar-refractivity contribution in [2.75, 3.05) is 11.9 Å². The fourth-order valence-corrected chi connectivity index (χ4v) is 3.46. The lowest BCUT2D eigenvalue weighted by Gasteiger charge is -2.27. The minimum Gasteiger partial charge on any atom is -0.349 e. The Labute approximate surface area is 193 Å². The van der Waals surface area contributed by atoms with E-state index in [1.165, 1.54) is 41.3 Å². The van der Waals surface area contributed by atoms with Crippen LogP contribution in [0.5, 0.6) is 0 Å². The quantitative estimate of drug-likeness (QED) is 0.381. The Hall–Kier alpha value is -4.28. The van der Waals surface area contributed by atoms with Gasteiger partial charge in [0.25, 0.3) is 0 Å². The van der Waals surface area contributed by atoms with E-state index in [4.69, 9.17) is 5.26 Å². The van der Waals surface area contributed by atoms with Crippen LogP contribution in [0.2, 0.25) is 0 Å². The number of pyridine rings is 1. The summed E-state index contributed by atoms with van der Waals surface area (Å²) in [5.41, 5.74) is -3.34. The van der Waals surface area contributed by atoms with Gasteiger partial charge in [-0.15, -0.1) is 0 Å². The van der Waals surface area contributed by atoms with Gasteiger partial charge in [-0.2, -0.15) is 41.4 Å². The molecule has 0 saturated carbocycles. The second-order valence-corrected chi connectivity index (χ2v) is 7.45. The van der Waals surface area contributed by atoms with E-state index in [-0.39, 0.29) is 17.7 Å². The van der Waals surface area contributed by atoms with Gasteiger partial charge in [-0.25, -0.2) is 19.9 Å². The lowest BCUT2D eigenvalue weighted by atomic mass is 10.0. The first-order chi connectivity index (χ1) is 16.4. The van der Waals surface area contributed by atoms with Crippen LogP contribution in [-0.4, -0.2) is 36.8 Å². The van der Waals surface area contributed by atoms with E-state index < -0.39 is 40.4 Å². The minimum atomic E-state index is -5.07. The van der Waals surface area contributed by atoms with Gasteiger partial charge in [0.05, 0.1) is 28.2 Å². The zero-order valence-corrected chi connectivity index (χ0v) is 18.0. The lowest BCUT2D eigenvalue weighted by Crippen LogP contribution is -2.26. The standard InChI is InChI=1S/C21H14F6N8/c1-11(18-32-10-33-35(18)16-4-3-12(7-28)8-29-16)34(2)19-14-5-13(20(22,23)24)6-15(21(25,26)27)17(14)30-9-31-19/h3-6,8-11H,1-2H3. The Morgan fingerprint density at radius 2 is 1.71 bits per heavy atom. The molecule has 0 bridgehead atoms. The van der Waals surface area contributed by atoms with Crippen molar-refractivity contribution in [3.05, 3.63) is 65.6 Å². The highest BCUT2D eigenvalue weighted by Gasteiger charge is 2.39. The molecule has 0 aliphatic rings. The Bertz CT molecular complexity index is 1420. The molecule has 180 valence electrons. The predicted molar refractivity (Wildman–Crippen MR) is 110 cm³/mol. The van der Waals surface area contributed by atoms with Gasteiger partial charge in [-0.1, -0.05) is 0 Å². The maximum absolute atomic E-state index is 13.6. The number of hydrogen-bond acceptors (Lipinski definition) is 7. The number of benzene rings is 1. The van der Waals surface area contributed by atoms with Crippen molar-refractivity contribution in [1.82, 2.24) is 29.7 Å². The Morgan fingerprint density at radius 1 is 0.971 bits per heavy atom. The van der Waals surface area contributed by atoms with Crippen LogP contribution in [0.3, 0.4) is 0 Å². The summed E-state index contributed by atoms with van der Waals surface area (Å²) in [4.78, 5) is 17.3. The van der Waals surface area contributed by atoms with Crippen molar-refractivity contribution >= 4 is 16.7 Å². The van der Waals surface area contributed by atoms with Gasteiger partial charge >= 0.3 is 12.4 Å². The molecule has 8 nitrogen and oxygen atoms in total. The van der Waals surface area contributed by atoms with Crippen molar-refractivity contribution < 1.29 is 26.3 Å². The fourth-order valence-electron chi connectivity index (χ4n) is 3.46. The van der Waals surface area contributed by atoms with Crippen LogP contribution in [0, 0.1) is 11.3 Å². The van der Waals surface area contributed by atoms with E-state index in [9.17, 15) is 26.3 Å². The van der Waals surface area contributed by atoms with E-state index in [1.54, 1.807) is 6.92 Å². The summed E-state index contributed by atoms with van der Waals surface area (Å²) < 4.78 is 82.4. The molecular weight excluding hydrogens is 478 g/mol. The van der Waals surface area contributed by atoms with Gasteiger partial charge < -0.3 is 4.90 Å². The molecule has 3 heterocycles. The van der Waals surface area contributed by atoms with Crippen molar-refractivity contribution in [2.24, 2.45) is 0 Å². The van der Waals surface area contributed by atoms with Gasteiger partial charge in [0.2, 0.25) is 0 Å². The molecule has 1 atom stereocenters. The Morgan fingerprint density at radius 3 is 2.31 bits per heavy atom. The molecule has 14 heteroatoms. The number of anilines is 1. The maximum Gasteiger partial charge on any atom is 0.418 e. The van der Waals surface area contributed by atoms with Crippen molar-refractivity contribution in [3.8, 4) is 11.9 Å². The number of hydrogen-bond donors (Lipinski definition) is 0. The van der Waals surface area contributed by atoms with Gasteiger partial charge in [0, 0.05) is 18.6 Å². The molecule has 0 fully saturated rings. The SMILES string of the molecule is CC(c1ncnn1-c1ccc(C#N)cn1)N(C)c1ncnc2c(C(F)(F)F)cc(C(F)(F)F)cc12. The maximum atomic E-state index is 13.6. The van der Waals surface area contributed by atoms with Crippen molar-refractivity contribution in [3.63, 3.8) is 0 Å². The molecular formula is C21H14F6N8. The molecule has 0 spiro atoms. The van der Waals surface area contributed by atoms with E-state index in [1.807, 2.05) is 6.07 Å². The first-order valence-electron chi connectivity index (χ1n) is 9.84. The first kappa shape index (κ1) is 23.9. The molecule has 4 aromatic rings. The largest absolute Gasteiger partial charge is 0.418 e. The summed E-state index contributed by atoms with van der Waals surface area (Å²) in [5.74, 6) is 0.420. The molecule has 0 N–H and O–H groups in total. The first-order valence-corrected chi connectivity index (χ1v) is 9.84. The van der Waals surface area contributed by atoms with E-state index in [0.717, 1.165) is 6.33 Å². The third-order valence-electron chi connectivity index (χ3n) is 5.31. The van der Waals surface area contributed by atoms with Crippen LogP contribution in [0.1, 0.15) is 35.5 Å². The summed E-state index contributed by atoms with van der Waals surface area (Å²) in [6.07, 6.45) is -6.69. The number of rotatable bonds is 4. The van der Waals surface area contributed by atoms with Gasteiger partial charge in [-0.3, -0.25) is 0 Å². The lowest BCUT2D eigenvalue weighted by molar-refractivity contribution is -0.142. The zero-order valence-electron chi connectivity index (χ0n) is 18.0. The van der Waals surface area contributed by atoms with E-state index >= 15 is 0 Å². The third-order valence-corrected chi connectivity index (χ3v) is 5.31. The molecule has 0 aliphatic heterocycles. The minimum absolute atomic E-state index is 0.0374. The van der Waals surface area contributed by atoms with Crippen LogP contribution in [0.15, 0.2) is 43.1 Å². The number of aromatic nitrogens is 6. The average molecular weight is 492 g/mol. The highest BCUT2D eigenvalue weighted by atomic mass is 19.4. The molecule has 0 radical (unpaired) electrons. The van der Waals surface area contributed by atoms with Crippen LogP contribution in [-0.2, 0) is 12.4 Å². The van der Waals surface area contributed by atoms with E-state index in [2.05, 4.69) is 25.0 Å². The highest BCUT2D eigenvalue weighted by Crippen LogP contribution is 2.41. The summed E-state index contributed by atoms with van der Waals surface area (Å²) in [6, 6.07) is 4.87. The number of alkyl halides is 6. The monoisotopic (exact) mass is 492 g/mol. The molecule has 0 aliphatic carbocycles. The molecule has 3 aromatic heterocycles. The number of nitrogens with zero attached hydrogens (tertiary/aromatic N) is 8. The second-order valence-electron chi connectivity index (χ2n) is 7.45. The van der Waals surface area contributed by atoms with Gasteiger partial charge in [0.15, 0.2) is 11.6 Å². The van der Waals surface area contributed by atoms with Crippen LogP contribution in [0.25, 0.3) is 16.7 Å². The van der Waals surface area contributed by atoms with Crippen LogP contribution >= 0.6 is 0 Å². The van der Waals surface area contributed by atoms with Crippen molar-refractivity contribution in [1.29, 1.82) is 5.26 Å². The average Bonchev–Trinajstić information content (AvgIpc) is 3.30. The fraction of sp³-hybridized carbons (Fsp3) is 0.238. The molecule has 35 heavy (non-hydrogen) atoms. The Kier molecular flexibility index (Phi) is 5.79. The van der Waals surface area contributed by atoms with Crippen molar-refractivity contribution in [2.45, 2.75) is 25.3 Å². The summed E-state index contributed by atoms with van der Waals surface area (Å²) in [6.45, 7) is 1.62. The molecule has 0 amide bonds. The van der Waals surface area contributed by atoms with Crippen LogP contribution < -0.4 is 4.90 Å². The van der Waals surface area contributed by atoms with Crippen LogP contribution in [0.4, 0.5) is 32.2 Å². The van der Waals surface area contributed by atoms with Gasteiger partial charge in [0.1, 0.15) is 24.5 Å². The summed E-state index contributed by atoms with van der Waals surface area (Å²) in [5, 5.41) is 12.6. The molecule has 1 aromatic carbocycles. The summed E-state index contributed by atoms with van der Waals surface area (Å²) >= 11 is 0. The topological polar surface area (TPSA) is 96.4 Å². The van der Waals surface area contributed by atoms with Gasteiger partial charge in [-0.05, 0) is 31.2 Å². The zero-order chi connectivity index (χ0) is 25.5. The highest BCUT2D eigenvalue weighted by molar-refractivity contribution is 5.92. The third kappa shape index (κ3) is 4.44. The normalized spacial score (nSPS) is 13.0. The number of nitriles is 1.